The third-order valence-electron chi connectivity index (χ3n) is 5.27. The zero-order valence-electron chi connectivity index (χ0n) is 16.9. The van der Waals surface area contributed by atoms with Crippen LogP contribution in [-0.2, 0) is 9.59 Å². The van der Waals surface area contributed by atoms with Crippen LogP contribution in [0.1, 0.15) is 24.0 Å². The summed E-state index contributed by atoms with van der Waals surface area (Å²) in [4.78, 5) is 31.0. The normalized spacial score (nSPS) is 17.8. The fraction of sp³-hybridized carbons (Fsp3) is 0.318. The van der Waals surface area contributed by atoms with E-state index in [1.165, 1.54) is 0 Å². The summed E-state index contributed by atoms with van der Waals surface area (Å²) in [6, 6.07) is 15.0. The highest BCUT2D eigenvalue weighted by Crippen LogP contribution is 2.34. The standard InChI is InChI=1S/C22H24N4O3.2ClH/c27-19(28)10-9-17-22(29)25-21-16(20(24-17)15-5-2-1-3-6-15)7-4-8-18(21)26-13-11-23-12-14-26;;/h1-8,17,23H,9-14H2,(H,25,29)(H,27,28);2*1H/t17-;;/m1../s1. The summed E-state index contributed by atoms with van der Waals surface area (Å²) in [5.41, 5.74) is 4.20. The molecule has 0 spiro atoms. The van der Waals surface area contributed by atoms with Gasteiger partial charge in [-0.25, -0.2) is 0 Å². The molecule has 1 atom stereocenters. The van der Waals surface area contributed by atoms with Crippen LogP contribution in [0.4, 0.5) is 11.4 Å². The molecule has 2 aliphatic rings. The summed E-state index contributed by atoms with van der Waals surface area (Å²) < 4.78 is 0. The number of halogens is 2. The number of carboxylic acids is 1. The number of carbonyl (C=O) groups excluding carboxylic acids is 1. The average Bonchev–Trinajstić information content (AvgIpc) is 2.89. The number of hydrogen-bond acceptors (Lipinski definition) is 5. The molecule has 0 saturated carbocycles. The molecule has 1 saturated heterocycles. The zero-order valence-corrected chi connectivity index (χ0v) is 18.5. The van der Waals surface area contributed by atoms with Crippen LogP contribution in [0.15, 0.2) is 53.5 Å². The van der Waals surface area contributed by atoms with Crippen molar-refractivity contribution in [1.29, 1.82) is 0 Å². The van der Waals surface area contributed by atoms with E-state index < -0.39 is 12.0 Å². The summed E-state index contributed by atoms with van der Waals surface area (Å²) in [5, 5.41) is 15.5. The van der Waals surface area contributed by atoms with E-state index in [0.717, 1.165) is 48.7 Å². The van der Waals surface area contributed by atoms with Crippen molar-refractivity contribution in [3.8, 4) is 0 Å². The largest absolute Gasteiger partial charge is 0.481 e. The van der Waals surface area contributed by atoms with Crippen LogP contribution < -0.4 is 15.5 Å². The highest BCUT2D eigenvalue weighted by Gasteiger charge is 2.29. The van der Waals surface area contributed by atoms with Gasteiger partial charge in [0.05, 0.1) is 17.1 Å². The highest BCUT2D eigenvalue weighted by atomic mass is 35.5. The molecule has 2 aromatic carbocycles. The molecule has 4 rings (SSSR count). The Kier molecular flexibility index (Phi) is 8.86. The van der Waals surface area contributed by atoms with Crippen LogP contribution >= 0.6 is 24.8 Å². The van der Waals surface area contributed by atoms with Crippen molar-refractivity contribution in [3.63, 3.8) is 0 Å². The number of carbonyl (C=O) groups is 2. The van der Waals surface area contributed by atoms with Gasteiger partial charge in [0.1, 0.15) is 6.04 Å². The molecule has 7 nitrogen and oxygen atoms in total. The molecule has 2 aliphatic heterocycles. The number of aliphatic imine (C=N–C) groups is 1. The fourth-order valence-corrected chi connectivity index (χ4v) is 3.81. The quantitative estimate of drug-likeness (QED) is 0.632. The second-order valence-electron chi connectivity index (χ2n) is 7.22. The third kappa shape index (κ3) is 5.55. The monoisotopic (exact) mass is 464 g/mol. The van der Waals surface area contributed by atoms with Crippen LogP contribution in [0.25, 0.3) is 0 Å². The summed E-state index contributed by atoms with van der Waals surface area (Å²) in [6.45, 7) is 3.48. The van der Waals surface area contributed by atoms with Gasteiger partial charge in [-0.1, -0.05) is 42.5 Å². The first kappa shape index (κ1) is 24.7. The first-order chi connectivity index (χ1) is 14.1. The smallest absolute Gasteiger partial charge is 0.303 e. The number of nitrogens with zero attached hydrogens (tertiary/aromatic N) is 2. The van der Waals surface area contributed by atoms with Crippen molar-refractivity contribution >= 4 is 53.8 Å². The number of benzodiazepines with no additional fused rings is 1. The fourth-order valence-electron chi connectivity index (χ4n) is 3.81. The van der Waals surface area contributed by atoms with Crippen molar-refractivity contribution < 1.29 is 14.7 Å². The Morgan fingerprint density at radius 2 is 1.77 bits per heavy atom. The minimum Gasteiger partial charge on any atom is -0.481 e. The molecule has 0 aliphatic carbocycles. The summed E-state index contributed by atoms with van der Waals surface area (Å²) in [7, 11) is 0. The molecule has 0 radical (unpaired) electrons. The van der Waals surface area contributed by atoms with E-state index in [9.17, 15) is 9.59 Å². The first-order valence-corrected chi connectivity index (χ1v) is 9.88. The number of fused-ring (bicyclic) bond motifs is 1. The van der Waals surface area contributed by atoms with E-state index in [-0.39, 0.29) is 43.6 Å². The van der Waals surface area contributed by atoms with Gasteiger partial charge in [0, 0.05) is 43.7 Å². The Labute approximate surface area is 193 Å². The number of aliphatic carboxylic acids is 1. The van der Waals surface area contributed by atoms with E-state index in [2.05, 4.69) is 15.5 Å². The van der Waals surface area contributed by atoms with Crippen LogP contribution in [0, 0.1) is 0 Å². The second-order valence-corrected chi connectivity index (χ2v) is 7.22. The molecule has 0 aromatic heterocycles. The van der Waals surface area contributed by atoms with Gasteiger partial charge in [0.25, 0.3) is 0 Å². The predicted molar refractivity (Wildman–Crippen MR) is 127 cm³/mol. The number of amides is 1. The number of carboxylic acid groups (broad SMARTS) is 1. The van der Waals surface area contributed by atoms with Crippen LogP contribution in [-0.4, -0.2) is 54.9 Å². The molecular weight excluding hydrogens is 439 g/mol. The molecule has 31 heavy (non-hydrogen) atoms. The average molecular weight is 465 g/mol. The molecule has 166 valence electrons. The predicted octanol–water partition coefficient (Wildman–Crippen LogP) is 2.96. The minimum absolute atomic E-state index is 0. The summed E-state index contributed by atoms with van der Waals surface area (Å²) >= 11 is 0. The lowest BCUT2D eigenvalue weighted by Gasteiger charge is -2.31. The SMILES string of the molecule is Cl.Cl.O=C(O)CC[C@H]1N=C(c2ccccc2)c2cccc(N3CCNCC3)c2NC1=O. The summed E-state index contributed by atoms with van der Waals surface area (Å²) in [5.74, 6) is -1.20. The number of rotatable bonds is 5. The van der Waals surface area contributed by atoms with E-state index in [4.69, 9.17) is 10.1 Å². The summed E-state index contributed by atoms with van der Waals surface area (Å²) in [6.07, 6.45) is 0.0547. The molecule has 9 heteroatoms. The minimum atomic E-state index is -0.933. The topological polar surface area (TPSA) is 94.0 Å². The van der Waals surface area contributed by atoms with Gasteiger partial charge >= 0.3 is 5.97 Å². The molecule has 3 N–H and O–H groups in total. The van der Waals surface area contributed by atoms with Crippen molar-refractivity contribution in [2.24, 2.45) is 4.99 Å². The van der Waals surface area contributed by atoms with E-state index in [1.54, 1.807) is 0 Å². The molecular formula is C22H26Cl2N4O3. The maximum absolute atomic E-state index is 13.0. The number of piperazine rings is 1. The van der Waals surface area contributed by atoms with Crippen molar-refractivity contribution in [2.45, 2.75) is 18.9 Å². The lowest BCUT2D eigenvalue weighted by molar-refractivity contribution is -0.137. The lowest BCUT2D eigenvalue weighted by atomic mass is 9.99. The highest BCUT2D eigenvalue weighted by molar-refractivity contribution is 6.21. The van der Waals surface area contributed by atoms with Crippen LogP contribution in [0.3, 0.4) is 0 Å². The maximum atomic E-state index is 13.0. The Bertz CT molecular complexity index is 947. The molecule has 1 fully saturated rings. The van der Waals surface area contributed by atoms with Gasteiger partial charge in [0.2, 0.25) is 5.91 Å². The number of hydrogen-bond donors (Lipinski definition) is 3. The Hall–Kier alpha value is -2.61. The van der Waals surface area contributed by atoms with Gasteiger partial charge in [-0.3, -0.25) is 14.6 Å². The number of para-hydroxylation sites is 1. The maximum Gasteiger partial charge on any atom is 0.303 e. The molecule has 0 unspecified atom stereocenters. The zero-order chi connectivity index (χ0) is 20.2. The molecule has 2 aromatic rings. The van der Waals surface area contributed by atoms with Gasteiger partial charge in [0.15, 0.2) is 0 Å². The lowest BCUT2D eigenvalue weighted by Crippen LogP contribution is -2.44. The van der Waals surface area contributed by atoms with Gasteiger partial charge < -0.3 is 20.6 Å². The Morgan fingerprint density at radius 3 is 2.45 bits per heavy atom. The van der Waals surface area contributed by atoms with E-state index in [0.29, 0.717) is 5.71 Å². The first-order valence-electron chi connectivity index (χ1n) is 9.88. The Balaban J connectivity index is 0.00000171. The molecule has 1 amide bonds. The second kappa shape index (κ2) is 11.1. The van der Waals surface area contributed by atoms with Gasteiger partial charge in [-0.05, 0) is 12.5 Å². The van der Waals surface area contributed by atoms with Gasteiger partial charge in [-0.15, -0.1) is 24.8 Å². The number of benzene rings is 2. The third-order valence-corrected chi connectivity index (χ3v) is 5.27. The molecule has 0 bridgehead atoms. The van der Waals surface area contributed by atoms with Gasteiger partial charge in [-0.2, -0.15) is 0 Å². The van der Waals surface area contributed by atoms with Crippen molar-refractivity contribution in [2.75, 3.05) is 36.4 Å². The van der Waals surface area contributed by atoms with Crippen molar-refractivity contribution in [3.05, 3.63) is 59.7 Å². The number of anilines is 2. The van der Waals surface area contributed by atoms with Crippen LogP contribution in [0.2, 0.25) is 0 Å². The van der Waals surface area contributed by atoms with Crippen molar-refractivity contribution in [1.82, 2.24) is 5.32 Å². The van der Waals surface area contributed by atoms with E-state index in [1.807, 2.05) is 48.5 Å². The van der Waals surface area contributed by atoms with E-state index >= 15 is 0 Å². The van der Waals surface area contributed by atoms with Crippen LogP contribution in [0.5, 0.6) is 0 Å². The Morgan fingerprint density at radius 1 is 1.06 bits per heavy atom. The number of nitrogens with one attached hydrogen (secondary N) is 2. The molecule has 2 heterocycles.